The lowest BCUT2D eigenvalue weighted by molar-refractivity contribution is -0.101. The van der Waals surface area contributed by atoms with Crippen LogP contribution in [0.1, 0.15) is 40.0 Å². The van der Waals surface area contributed by atoms with Crippen molar-refractivity contribution in [1.82, 2.24) is 0 Å². The fourth-order valence-electron chi connectivity index (χ4n) is 5.38. The van der Waals surface area contributed by atoms with E-state index >= 15 is 0 Å². The minimum absolute atomic E-state index is 0.00852. The molecule has 0 aromatic rings. The van der Waals surface area contributed by atoms with Crippen molar-refractivity contribution in [3.63, 3.8) is 0 Å². The summed E-state index contributed by atoms with van der Waals surface area (Å²) < 4.78 is 5.51. The number of hydrogen-bond donors (Lipinski definition) is 1. The molecule has 0 aromatic heterocycles. The molecule has 2 heteroatoms. The highest BCUT2D eigenvalue weighted by atomic mass is 16.6. The highest BCUT2D eigenvalue weighted by Crippen LogP contribution is 2.80. The molecule has 2 nitrogen and oxygen atoms in total. The molecule has 0 aromatic carbocycles. The molecule has 1 heterocycles. The average molecular weight is 234 g/mol. The maximum atomic E-state index is 10.2. The monoisotopic (exact) mass is 234 g/mol. The molecule has 3 aliphatic carbocycles. The van der Waals surface area contributed by atoms with Gasteiger partial charge in [0.1, 0.15) is 0 Å². The lowest BCUT2D eigenvalue weighted by atomic mass is 9.69. The van der Waals surface area contributed by atoms with Crippen LogP contribution in [0.15, 0.2) is 11.6 Å². The number of hydrogen-bond acceptors (Lipinski definition) is 2. The summed E-state index contributed by atoms with van der Waals surface area (Å²) in [5, 5.41) is 10.2. The number of rotatable bonds is 0. The Labute approximate surface area is 103 Å². The molecule has 1 saturated heterocycles. The molecule has 0 bridgehead atoms. The van der Waals surface area contributed by atoms with Crippen molar-refractivity contribution in [3.8, 4) is 0 Å². The smallest absolute Gasteiger partial charge is 0.164 e. The maximum Gasteiger partial charge on any atom is 0.164 e. The summed E-state index contributed by atoms with van der Waals surface area (Å²) in [5.41, 5.74) is 2.20. The Morgan fingerprint density at radius 3 is 2.82 bits per heavy atom. The quantitative estimate of drug-likeness (QED) is 0.653. The second-order valence-electron chi connectivity index (χ2n) is 7.76. The van der Waals surface area contributed by atoms with Gasteiger partial charge in [0, 0.05) is 0 Å². The van der Waals surface area contributed by atoms with Gasteiger partial charge in [0.25, 0.3) is 0 Å². The van der Waals surface area contributed by atoms with Crippen molar-refractivity contribution in [3.05, 3.63) is 11.6 Å². The van der Waals surface area contributed by atoms with Gasteiger partial charge in [0.2, 0.25) is 0 Å². The van der Waals surface area contributed by atoms with E-state index in [9.17, 15) is 5.11 Å². The van der Waals surface area contributed by atoms with E-state index in [0.29, 0.717) is 17.4 Å². The zero-order valence-electron chi connectivity index (χ0n) is 11.0. The summed E-state index contributed by atoms with van der Waals surface area (Å²) in [7, 11) is 0. The van der Waals surface area contributed by atoms with E-state index in [1.165, 1.54) is 18.4 Å². The maximum absolute atomic E-state index is 10.2. The van der Waals surface area contributed by atoms with Crippen LogP contribution in [0, 0.1) is 28.1 Å². The van der Waals surface area contributed by atoms with Crippen LogP contribution in [0.2, 0.25) is 0 Å². The van der Waals surface area contributed by atoms with E-state index in [4.69, 9.17) is 4.74 Å². The van der Waals surface area contributed by atoms with Gasteiger partial charge in [-0.15, -0.1) is 0 Å². The third kappa shape index (κ3) is 1.01. The Balaban J connectivity index is 1.81. The molecule has 1 spiro atoms. The lowest BCUT2D eigenvalue weighted by Gasteiger charge is -2.34. The number of aliphatic hydroxyl groups excluding tert-OH is 1. The van der Waals surface area contributed by atoms with Gasteiger partial charge >= 0.3 is 0 Å². The van der Waals surface area contributed by atoms with Crippen molar-refractivity contribution < 1.29 is 9.84 Å². The fourth-order valence-corrected chi connectivity index (χ4v) is 5.38. The SMILES string of the molecule is CC1(C)C[C@H]2C=C3COC(O)[C@]34C[C@]4(C)[C@H]2C1. The van der Waals surface area contributed by atoms with Crippen molar-refractivity contribution in [2.75, 3.05) is 6.61 Å². The van der Waals surface area contributed by atoms with Crippen molar-refractivity contribution in [2.24, 2.45) is 28.1 Å². The fraction of sp³-hybridized carbons (Fsp3) is 0.867. The van der Waals surface area contributed by atoms with Crippen LogP contribution in [0.3, 0.4) is 0 Å². The van der Waals surface area contributed by atoms with Crippen LogP contribution in [0.4, 0.5) is 0 Å². The Hall–Kier alpha value is -0.340. The third-order valence-corrected chi connectivity index (χ3v) is 6.24. The van der Waals surface area contributed by atoms with E-state index in [-0.39, 0.29) is 5.41 Å². The zero-order chi connectivity index (χ0) is 12.1. The first kappa shape index (κ1) is 10.6. The third-order valence-electron chi connectivity index (χ3n) is 6.24. The Morgan fingerprint density at radius 1 is 1.29 bits per heavy atom. The van der Waals surface area contributed by atoms with Crippen molar-refractivity contribution in [1.29, 1.82) is 0 Å². The second kappa shape index (κ2) is 2.65. The molecule has 17 heavy (non-hydrogen) atoms. The molecule has 4 rings (SSSR count). The van der Waals surface area contributed by atoms with Gasteiger partial charge in [-0.05, 0) is 47.5 Å². The number of aliphatic hydroxyl groups is 1. The van der Waals surface area contributed by atoms with Gasteiger partial charge < -0.3 is 9.84 Å². The predicted molar refractivity (Wildman–Crippen MR) is 65.2 cm³/mol. The zero-order valence-corrected chi connectivity index (χ0v) is 11.0. The van der Waals surface area contributed by atoms with Crippen LogP contribution in [0.25, 0.3) is 0 Å². The summed E-state index contributed by atoms with van der Waals surface area (Å²) in [6, 6.07) is 0. The van der Waals surface area contributed by atoms with E-state index < -0.39 is 6.29 Å². The van der Waals surface area contributed by atoms with Crippen LogP contribution < -0.4 is 0 Å². The first-order valence-electron chi connectivity index (χ1n) is 6.90. The Morgan fingerprint density at radius 2 is 2.06 bits per heavy atom. The molecule has 2 saturated carbocycles. The Bertz CT molecular complexity index is 425. The van der Waals surface area contributed by atoms with E-state index in [1.54, 1.807) is 0 Å². The molecule has 0 amide bonds. The van der Waals surface area contributed by atoms with Gasteiger partial charge in [-0.1, -0.05) is 26.8 Å². The molecule has 1 N–H and O–H groups in total. The molecule has 4 aliphatic rings. The standard InChI is InChI=1S/C15H22O2/c1-13(2)5-9-4-10-7-17-12(16)15(10)8-14(15,3)11(9)6-13/h4,9,11-12,16H,5-8H2,1-3H3/t9-,11+,12?,14-,15+/m1/s1. The normalized spacial score (nSPS) is 58.1. The molecule has 0 radical (unpaired) electrons. The van der Waals surface area contributed by atoms with E-state index in [0.717, 1.165) is 18.3 Å². The van der Waals surface area contributed by atoms with Gasteiger partial charge in [0.05, 0.1) is 12.0 Å². The molecule has 1 unspecified atom stereocenters. The largest absolute Gasteiger partial charge is 0.367 e. The summed E-state index contributed by atoms with van der Waals surface area (Å²) in [4.78, 5) is 0. The first-order chi connectivity index (χ1) is 7.89. The first-order valence-corrected chi connectivity index (χ1v) is 6.90. The minimum atomic E-state index is -0.539. The number of fused-ring (bicyclic) bond motifs is 2. The Kier molecular flexibility index (Phi) is 1.65. The summed E-state index contributed by atoms with van der Waals surface area (Å²) >= 11 is 0. The summed E-state index contributed by atoms with van der Waals surface area (Å²) in [5.74, 6) is 1.49. The van der Waals surface area contributed by atoms with E-state index in [1.807, 2.05) is 0 Å². The van der Waals surface area contributed by atoms with Crippen LogP contribution >= 0.6 is 0 Å². The predicted octanol–water partition coefficient (Wildman–Crippen LogP) is 2.72. The average Bonchev–Trinajstić information content (AvgIpc) is 2.61. The molecular weight excluding hydrogens is 212 g/mol. The molecule has 94 valence electrons. The van der Waals surface area contributed by atoms with Gasteiger partial charge in [-0.3, -0.25) is 0 Å². The van der Waals surface area contributed by atoms with Crippen molar-refractivity contribution in [2.45, 2.75) is 46.3 Å². The highest BCUT2D eigenvalue weighted by molar-refractivity contribution is 5.41. The molecular formula is C15H22O2. The van der Waals surface area contributed by atoms with Crippen LogP contribution in [-0.4, -0.2) is 18.0 Å². The molecule has 5 atom stereocenters. The molecule has 3 fully saturated rings. The van der Waals surface area contributed by atoms with Gasteiger partial charge in [-0.2, -0.15) is 0 Å². The second-order valence-corrected chi connectivity index (χ2v) is 7.76. The highest BCUT2D eigenvalue weighted by Gasteiger charge is 2.77. The summed E-state index contributed by atoms with van der Waals surface area (Å²) in [6.45, 7) is 7.84. The minimum Gasteiger partial charge on any atom is -0.367 e. The number of ether oxygens (including phenoxy) is 1. The van der Waals surface area contributed by atoms with Crippen molar-refractivity contribution >= 4 is 0 Å². The van der Waals surface area contributed by atoms with Crippen LogP contribution in [0.5, 0.6) is 0 Å². The topological polar surface area (TPSA) is 29.5 Å². The lowest BCUT2D eigenvalue weighted by Crippen LogP contribution is -2.33. The van der Waals surface area contributed by atoms with E-state index in [2.05, 4.69) is 26.8 Å². The molecule has 1 aliphatic heterocycles. The summed E-state index contributed by atoms with van der Waals surface area (Å²) in [6.07, 6.45) is 5.69. The number of allylic oxidation sites excluding steroid dienone is 1. The van der Waals surface area contributed by atoms with Gasteiger partial charge in [0.15, 0.2) is 6.29 Å². The van der Waals surface area contributed by atoms with Gasteiger partial charge in [-0.25, -0.2) is 0 Å². The van der Waals surface area contributed by atoms with Crippen LogP contribution in [-0.2, 0) is 4.74 Å².